The van der Waals surface area contributed by atoms with Gasteiger partial charge in [-0.25, -0.2) is 4.98 Å². The summed E-state index contributed by atoms with van der Waals surface area (Å²) in [6.07, 6.45) is 4.79. The van der Waals surface area contributed by atoms with E-state index in [0.29, 0.717) is 17.9 Å². The second-order valence-corrected chi connectivity index (χ2v) is 5.77. The van der Waals surface area contributed by atoms with Gasteiger partial charge in [-0.1, -0.05) is 13.8 Å². The topological polar surface area (TPSA) is 38.9 Å². The molecular formula is C12H20N2S. The maximum Gasteiger partial charge on any atom is 0.0959 e. The molecule has 15 heavy (non-hydrogen) atoms. The van der Waals surface area contributed by atoms with Crippen LogP contribution in [0.2, 0.25) is 0 Å². The SMILES string of the molecule is CC(C)c1csc(C2CCC(N)CC2)n1. The smallest absolute Gasteiger partial charge is 0.0959 e. The lowest BCUT2D eigenvalue weighted by atomic mass is 9.87. The van der Waals surface area contributed by atoms with Gasteiger partial charge in [-0.05, 0) is 31.6 Å². The molecule has 0 amide bonds. The minimum atomic E-state index is 0.436. The molecule has 0 unspecified atom stereocenters. The number of thiazole rings is 1. The summed E-state index contributed by atoms with van der Waals surface area (Å²) in [5.41, 5.74) is 7.17. The Balaban J connectivity index is 2.03. The molecule has 1 aromatic heterocycles. The Morgan fingerprint density at radius 2 is 2.00 bits per heavy atom. The molecule has 2 rings (SSSR count). The maximum absolute atomic E-state index is 5.91. The van der Waals surface area contributed by atoms with E-state index in [1.54, 1.807) is 0 Å². The van der Waals surface area contributed by atoms with Gasteiger partial charge >= 0.3 is 0 Å². The zero-order valence-corrected chi connectivity index (χ0v) is 10.4. The van der Waals surface area contributed by atoms with E-state index in [1.807, 2.05) is 11.3 Å². The predicted molar refractivity (Wildman–Crippen MR) is 65.4 cm³/mol. The van der Waals surface area contributed by atoms with Gasteiger partial charge in [0.2, 0.25) is 0 Å². The Morgan fingerprint density at radius 3 is 2.53 bits per heavy atom. The zero-order valence-electron chi connectivity index (χ0n) is 9.57. The summed E-state index contributed by atoms with van der Waals surface area (Å²) in [6.45, 7) is 4.41. The lowest BCUT2D eigenvalue weighted by Gasteiger charge is -2.24. The van der Waals surface area contributed by atoms with Gasteiger partial charge < -0.3 is 5.73 Å². The minimum absolute atomic E-state index is 0.436. The van der Waals surface area contributed by atoms with Crippen molar-refractivity contribution in [1.29, 1.82) is 0 Å². The molecule has 0 saturated heterocycles. The van der Waals surface area contributed by atoms with Crippen LogP contribution in [-0.4, -0.2) is 11.0 Å². The van der Waals surface area contributed by atoms with Gasteiger partial charge in [-0.15, -0.1) is 11.3 Å². The number of aromatic nitrogens is 1. The third kappa shape index (κ3) is 2.58. The number of hydrogen-bond donors (Lipinski definition) is 1. The van der Waals surface area contributed by atoms with E-state index in [-0.39, 0.29) is 0 Å². The lowest BCUT2D eigenvalue weighted by Crippen LogP contribution is -2.25. The molecule has 2 nitrogen and oxygen atoms in total. The van der Waals surface area contributed by atoms with Crippen LogP contribution in [0.5, 0.6) is 0 Å². The maximum atomic E-state index is 5.91. The van der Waals surface area contributed by atoms with Crippen LogP contribution < -0.4 is 5.73 Å². The van der Waals surface area contributed by atoms with Gasteiger partial charge in [-0.2, -0.15) is 0 Å². The fraction of sp³-hybridized carbons (Fsp3) is 0.750. The molecule has 84 valence electrons. The molecule has 0 bridgehead atoms. The second kappa shape index (κ2) is 4.62. The first-order valence-electron chi connectivity index (χ1n) is 5.87. The fourth-order valence-corrected chi connectivity index (χ4v) is 3.27. The summed E-state index contributed by atoms with van der Waals surface area (Å²) in [6, 6.07) is 0.436. The highest BCUT2D eigenvalue weighted by Crippen LogP contribution is 2.34. The highest BCUT2D eigenvalue weighted by Gasteiger charge is 2.22. The third-order valence-electron chi connectivity index (χ3n) is 3.25. The van der Waals surface area contributed by atoms with E-state index in [0.717, 1.165) is 0 Å². The molecule has 0 radical (unpaired) electrons. The van der Waals surface area contributed by atoms with Gasteiger partial charge in [-0.3, -0.25) is 0 Å². The largest absolute Gasteiger partial charge is 0.328 e. The molecule has 0 aromatic carbocycles. The summed E-state index contributed by atoms with van der Waals surface area (Å²) in [5.74, 6) is 1.24. The van der Waals surface area contributed by atoms with Crippen LogP contribution in [0, 0.1) is 0 Å². The third-order valence-corrected chi connectivity index (χ3v) is 4.28. The Labute approximate surface area is 95.9 Å². The van der Waals surface area contributed by atoms with E-state index in [1.165, 1.54) is 36.4 Å². The first-order chi connectivity index (χ1) is 7.16. The quantitative estimate of drug-likeness (QED) is 0.837. The highest BCUT2D eigenvalue weighted by molar-refractivity contribution is 7.09. The van der Waals surface area contributed by atoms with Crippen molar-refractivity contribution in [3.05, 3.63) is 16.1 Å². The molecule has 0 aliphatic heterocycles. The Kier molecular flexibility index (Phi) is 3.42. The van der Waals surface area contributed by atoms with Crippen LogP contribution in [0.25, 0.3) is 0 Å². The van der Waals surface area contributed by atoms with Crippen molar-refractivity contribution in [3.8, 4) is 0 Å². The van der Waals surface area contributed by atoms with Crippen LogP contribution >= 0.6 is 11.3 Å². The van der Waals surface area contributed by atoms with Gasteiger partial charge in [0.25, 0.3) is 0 Å². The Morgan fingerprint density at radius 1 is 1.33 bits per heavy atom. The monoisotopic (exact) mass is 224 g/mol. The molecule has 1 aliphatic carbocycles. The van der Waals surface area contributed by atoms with Crippen molar-refractivity contribution in [2.75, 3.05) is 0 Å². The predicted octanol–water partition coefficient (Wildman–Crippen LogP) is 3.25. The number of hydrogen-bond acceptors (Lipinski definition) is 3. The van der Waals surface area contributed by atoms with Crippen LogP contribution in [0.15, 0.2) is 5.38 Å². The molecule has 1 fully saturated rings. The van der Waals surface area contributed by atoms with Gasteiger partial charge in [0, 0.05) is 17.3 Å². The van der Waals surface area contributed by atoms with Crippen molar-refractivity contribution < 1.29 is 0 Å². The lowest BCUT2D eigenvalue weighted by molar-refractivity contribution is 0.394. The molecule has 2 N–H and O–H groups in total. The first kappa shape index (κ1) is 11.1. The van der Waals surface area contributed by atoms with Crippen LogP contribution in [0.1, 0.15) is 62.1 Å². The summed E-state index contributed by atoms with van der Waals surface area (Å²) >= 11 is 1.83. The normalized spacial score (nSPS) is 27.2. The van der Waals surface area contributed by atoms with E-state index >= 15 is 0 Å². The molecule has 0 spiro atoms. The average molecular weight is 224 g/mol. The van der Waals surface area contributed by atoms with Crippen LogP contribution in [-0.2, 0) is 0 Å². The van der Waals surface area contributed by atoms with E-state index < -0.39 is 0 Å². The summed E-state index contributed by atoms with van der Waals surface area (Å²) in [7, 11) is 0. The average Bonchev–Trinajstić information content (AvgIpc) is 2.68. The highest BCUT2D eigenvalue weighted by atomic mass is 32.1. The van der Waals surface area contributed by atoms with Crippen molar-refractivity contribution in [2.45, 2.75) is 57.4 Å². The number of nitrogens with two attached hydrogens (primary N) is 1. The van der Waals surface area contributed by atoms with Gasteiger partial charge in [0.1, 0.15) is 0 Å². The van der Waals surface area contributed by atoms with Crippen molar-refractivity contribution in [1.82, 2.24) is 4.98 Å². The summed E-state index contributed by atoms with van der Waals surface area (Å²) < 4.78 is 0. The van der Waals surface area contributed by atoms with Gasteiger partial charge in [0.15, 0.2) is 0 Å². The molecule has 0 atom stereocenters. The number of nitrogens with zero attached hydrogens (tertiary/aromatic N) is 1. The summed E-state index contributed by atoms with van der Waals surface area (Å²) in [5, 5.41) is 3.56. The van der Waals surface area contributed by atoms with Crippen molar-refractivity contribution >= 4 is 11.3 Å². The molecule has 3 heteroatoms. The zero-order chi connectivity index (χ0) is 10.8. The van der Waals surface area contributed by atoms with Crippen molar-refractivity contribution in [3.63, 3.8) is 0 Å². The van der Waals surface area contributed by atoms with Crippen molar-refractivity contribution in [2.24, 2.45) is 5.73 Å². The molecular weight excluding hydrogens is 204 g/mol. The molecule has 1 aliphatic rings. The van der Waals surface area contributed by atoms with Gasteiger partial charge in [0.05, 0.1) is 10.7 Å². The Hall–Kier alpha value is -0.410. The van der Waals surface area contributed by atoms with E-state index in [2.05, 4.69) is 19.2 Å². The molecule has 1 heterocycles. The second-order valence-electron chi connectivity index (χ2n) is 4.88. The van der Waals surface area contributed by atoms with E-state index in [9.17, 15) is 0 Å². The first-order valence-corrected chi connectivity index (χ1v) is 6.75. The Bertz CT molecular complexity index is 311. The van der Waals surface area contributed by atoms with Crippen LogP contribution in [0.4, 0.5) is 0 Å². The summed E-state index contributed by atoms with van der Waals surface area (Å²) in [4.78, 5) is 4.74. The van der Waals surface area contributed by atoms with E-state index in [4.69, 9.17) is 10.7 Å². The molecule has 1 aromatic rings. The molecule has 1 saturated carbocycles. The van der Waals surface area contributed by atoms with Crippen LogP contribution in [0.3, 0.4) is 0 Å². The number of rotatable bonds is 2. The fourth-order valence-electron chi connectivity index (χ4n) is 2.12. The standard InChI is InChI=1S/C12H20N2S/c1-8(2)11-7-15-12(14-11)9-3-5-10(13)6-4-9/h7-10H,3-6,13H2,1-2H3. The minimum Gasteiger partial charge on any atom is -0.328 e.